The van der Waals surface area contributed by atoms with Crippen LogP contribution in [0, 0.1) is 6.92 Å². The number of ether oxygens (including phenoxy) is 1. The fourth-order valence-electron chi connectivity index (χ4n) is 1.48. The Balaban J connectivity index is 2.37. The second-order valence-corrected chi connectivity index (χ2v) is 4.13. The van der Waals surface area contributed by atoms with E-state index in [0.717, 1.165) is 5.56 Å². The predicted molar refractivity (Wildman–Crippen MR) is 67.5 cm³/mol. The summed E-state index contributed by atoms with van der Waals surface area (Å²) in [4.78, 5) is 14.9. The molecule has 18 heavy (non-hydrogen) atoms. The van der Waals surface area contributed by atoms with Gasteiger partial charge < -0.3 is 9.84 Å². The van der Waals surface area contributed by atoms with Gasteiger partial charge in [0, 0.05) is 11.2 Å². The van der Waals surface area contributed by atoms with Crippen molar-refractivity contribution < 1.29 is 14.6 Å². The van der Waals surface area contributed by atoms with Gasteiger partial charge in [-0.25, -0.2) is 4.79 Å². The lowest BCUT2D eigenvalue weighted by molar-refractivity contribution is 0.0694. The molecule has 92 valence electrons. The molecule has 0 fully saturated rings. The predicted octanol–water partition coefficient (Wildman–Crippen LogP) is 3.53. The molecule has 0 saturated heterocycles. The van der Waals surface area contributed by atoms with Crippen LogP contribution < -0.4 is 4.74 Å². The van der Waals surface area contributed by atoms with Crippen molar-refractivity contribution in [2.45, 2.75) is 6.92 Å². The van der Waals surface area contributed by atoms with Gasteiger partial charge >= 0.3 is 5.97 Å². The third-order valence-corrected chi connectivity index (χ3v) is 2.61. The Morgan fingerprint density at radius 1 is 1.33 bits per heavy atom. The van der Waals surface area contributed by atoms with Crippen LogP contribution in [0.2, 0.25) is 5.02 Å². The van der Waals surface area contributed by atoms with Gasteiger partial charge in [0.2, 0.25) is 0 Å². The van der Waals surface area contributed by atoms with Gasteiger partial charge in [-0.2, -0.15) is 0 Å². The van der Waals surface area contributed by atoms with Crippen molar-refractivity contribution in [2.75, 3.05) is 0 Å². The second-order valence-electron chi connectivity index (χ2n) is 3.69. The molecule has 4 nitrogen and oxygen atoms in total. The summed E-state index contributed by atoms with van der Waals surface area (Å²) in [5.41, 5.74) is 0.891. The lowest BCUT2D eigenvalue weighted by Gasteiger charge is -2.10. The van der Waals surface area contributed by atoms with E-state index in [-0.39, 0.29) is 11.3 Å². The van der Waals surface area contributed by atoms with Crippen LogP contribution in [0.4, 0.5) is 0 Å². The average molecular weight is 264 g/mol. The van der Waals surface area contributed by atoms with Gasteiger partial charge in [0.25, 0.3) is 0 Å². The summed E-state index contributed by atoms with van der Waals surface area (Å²) >= 11 is 5.84. The van der Waals surface area contributed by atoms with Gasteiger partial charge in [0.05, 0.1) is 6.20 Å². The molecule has 1 heterocycles. The molecular formula is C13H10ClNO3. The van der Waals surface area contributed by atoms with Gasteiger partial charge in [-0.1, -0.05) is 11.6 Å². The SMILES string of the molecule is Cc1cc(Cl)ccc1Oc1cnccc1C(=O)O. The topological polar surface area (TPSA) is 59.4 Å². The normalized spacial score (nSPS) is 10.1. The largest absolute Gasteiger partial charge is 0.478 e. The second kappa shape index (κ2) is 5.06. The molecule has 0 spiro atoms. The number of carboxylic acids is 1. The van der Waals surface area contributed by atoms with Gasteiger partial charge in [-0.05, 0) is 36.8 Å². The van der Waals surface area contributed by atoms with Crippen molar-refractivity contribution in [1.82, 2.24) is 4.98 Å². The highest BCUT2D eigenvalue weighted by Gasteiger charge is 2.12. The number of benzene rings is 1. The molecule has 0 aliphatic carbocycles. The molecule has 1 N–H and O–H groups in total. The number of carbonyl (C=O) groups is 1. The van der Waals surface area contributed by atoms with Crippen LogP contribution in [0.5, 0.6) is 11.5 Å². The van der Waals surface area contributed by atoms with E-state index in [9.17, 15) is 4.79 Å². The van der Waals surface area contributed by atoms with E-state index in [4.69, 9.17) is 21.4 Å². The van der Waals surface area contributed by atoms with Crippen molar-refractivity contribution in [2.24, 2.45) is 0 Å². The first-order chi connectivity index (χ1) is 8.58. The van der Waals surface area contributed by atoms with E-state index >= 15 is 0 Å². The summed E-state index contributed by atoms with van der Waals surface area (Å²) in [7, 11) is 0. The molecule has 0 atom stereocenters. The number of aryl methyl sites for hydroxylation is 1. The molecule has 0 aliphatic heterocycles. The Kier molecular flexibility index (Phi) is 3.48. The summed E-state index contributed by atoms with van der Waals surface area (Å²) in [5.74, 6) is -0.302. The van der Waals surface area contributed by atoms with Crippen molar-refractivity contribution >= 4 is 17.6 Å². The summed E-state index contributed by atoms with van der Waals surface area (Å²) in [6, 6.07) is 6.51. The Morgan fingerprint density at radius 3 is 2.78 bits per heavy atom. The minimum Gasteiger partial charge on any atom is -0.478 e. The fourth-order valence-corrected chi connectivity index (χ4v) is 1.71. The number of aromatic nitrogens is 1. The van der Waals surface area contributed by atoms with Gasteiger partial charge in [-0.3, -0.25) is 4.98 Å². The van der Waals surface area contributed by atoms with Crippen molar-refractivity contribution in [3.05, 3.63) is 52.8 Å². The molecule has 0 radical (unpaired) electrons. The van der Waals surface area contributed by atoms with Crippen LogP contribution in [0.3, 0.4) is 0 Å². The maximum Gasteiger partial charge on any atom is 0.339 e. The zero-order valence-corrected chi connectivity index (χ0v) is 10.3. The number of nitrogens with zero attached hydrogens (tertiary/aromatic N) is 1. The number of carboxylic acid groups (broad SMARTS) is 1. The highest BCUT2D eigenvalue weighted by atomic mass is 35.5. The molecule has 2 rings (SSSR count). The molecule has 0 amide bonds. The number of aromatic carboxylic acids is 1. The number of hydrogen-bond acceptors (Lipinski definition) is 3. The Labute approximate surface area is 109 Å². The van der Waals surface area contributed by atoms with Crippen molar-refractivity contribution in [3.63, 3.8) is 0 Å². The zero-order chi connectivity index (χ0) is 13.1. The molecule has 2 aromatic rings. The van der Waals surface area contributed by atoms with E-state index < -0.39 is 5.97 Å². The van der Waals surface area contributed by atoms with E-state index in [0.29, 0.717) is 10.8 Å². The summed E-state index contributed by atoms with van der Waals surface area (Å²) in [6.07, 6.45) is 2.78. The van der Waals surface area contributed by atoms with E-state index in [1.807, 2.05) is 6.92 Å². The highest BCUT2D eigenvalue weighted by Crippen LogP contribution is 2.28. The standard InChI is InChI=1S/C13H10ClNO3/c1-8-6-9(14)2-3-11(8)18-12-7-15-5-4-10(12)13(16)17/h2-7H,1H3,(H,16,17). The van der Waals surface area contributed by atoms with Crippen molar-refractivity contribution in [1.29, 1.82) is 0 Å². The lowest BCUT2D eigenvalue weighted by atomic mass is 10.2. The maximum atomic E-state index is 11.0. The van der Waals surface area contributed by atoms with Crippen LogP contribution in [-0.2, 0) is 0 Å². The molecule has 0 aliphatic rings. The molecule has 1 aromatic carbocycles. The summed E-state index contributed by atoms with van der Waals surface area (Å²) in [5, 5.41) is 9.63. The maximum absolute atomic E-state index is 11.0. The first kappa shape index (κ1) is 12.4. The average Bonchev–Trinajstić information content (AvgIpc) is 2.33. The fraction of sp³-hybridized carbons (Fsp3) is 0.0769. The number of rotatable bonds is 3. The summed E-state index contributed by atoms with van der Waals surface area (Å²) in [6.45, 7) is 1.83. The van der Waals surface area contributed by atoms with Gasteiger partial charge in [-0.15, -0.1) is 0 Å². The monoisotopic (exact) mass is 263 g/mol. The molecule has 0 unspecified atom stereocenters. The Hall–Kier alpha value is -2.07. The highest BCUT2D eigenvalue weighted by molar-refractivity contribution is 6.30. The third-order valence-electron chi connectivity index (χ3n) is 2.37. The Morgan fingerprint density at radius 2 is 2.11 bits per heavy atom. The number of hydrogen-bond donors (Lipinski definition) is 1. The van der Waals surface area contributed by atoms with Gasteiger partial charge in [0.15, 0.2) is 5.75 Å². The zero-order valence-electron chi connectivity index (χ0n) is 9.55. The van der Waals surface area contributed by atoms with Crippen molar-refractivity contribution in [3.8, 4) is 11.5 Å². The number of halogens is 1. The van der Waals surface area contributed by atoms with Crippen LogP contribution in [0.15, 0.2) is 36.7 Å². The first-order valence-corrected chi connectivity index (χ1v) is 5.57. The van der Waals surface area contributed by atoms with Crippen LogP contribution >= 0.6 is 11.6 Å². The van der Waals surface area contributed by atoms with E-state index in [1.54, 1.807) is 18.2 Å². The van der Waals surface area contributed by atoms with Crippen LogP contribution in [0.1, 0.15) is 15.9 Å². The van der Waals surface area contributed by atoms with Crippen LogP contribution in [-0.4, -0.2) is 16.1 Å². The molecule has 5 heteroatoms. The lowest BCUT2D eigenvalue weighted by Crippen LogP contribution is -2.00. The first-order valence-electron chi connectivity index (χ1n) is 5.19. The quantitative estimate of drug-likeness (QED) is 0.920. The minimum absolute atomic E-state index is 0.0688. The molecule has 0 bridgehead atoms. The smallest absolute Gasteiger partial charge is 0.339 e. The third kappa shape index (κ3) is 2.60. The van der Waals surface area contributed by atoms with E-state index in [1.165, 1.54) is 18.5 Å². The molecular weight excluding hydrogens is 254 g/mol. The Bertz CT molecular complexity index is 599. The van der Waals surface area contributed by atoms with E-state index in [2.05, 4.69) is 4.98 Å². The minimum atomic E-state index is -1.06. The molecule has 1 aromatic heterocycles. The van der Waals surface area contributed by atoms with Gasteiger partial charge in [0.1, 0.15) is 11.3 Å². The van der Waals surface area contributed by atoms with Crippen LogP contribution in [0.25, 0.3) is 0 Å². The number of pyridine rings is 1. The molecule has 0 saturated carbocycles. The summed E-state index contributed by atoms with van der Waals surface area (Å²) < 4.78 is 5.55.